The van der Waals surface area contributed by atoms with E-state index < -0.39 is 11.9 Å². The number of rotatable bonds is 16. The van der Waals surface area contributed by atoms with Crippen LogP contribution in [0.25, 0.3) is 11.3 Å². The van der Waals surface area contributed by atoms with Crippen LogP contribution in [0.4, 0.5) is 28.8 Å². The van der Waals surface area contributed by atoms with E-state index in [9.17, 15) is 19.2 Å². The van der Waals surface area contributed by atoms with E-state index in [1.54, 1.807) is 46.6 Å². The van der Waals surface area contributed by atoms with Crippen LogP contribution in [0.2, 0.25) is 5.15 Å². The number of aryl methyl sites for hydroxylation is 2. The van der Waals surface area contributed by atoms with Crippen molar-refractivity contribution >= 4 is 75.5 Å². The van der Waals surface area contributed by atoms with Crippen molar-refractivity contribution in [2.45, 2.75) is 50.9 Å². The van der Waals surface area contributed by atoms with Gasteiger partial charge in [0.05, 0.1) is 52.2 Å². The quantitative estimate of drug-likeness (QED) is 0.0901. The number of nitrogens with two attached hydrogens (primary N) is 1. The second kappa shape index (κ2) is 22.9. The molecule has 2 saturated carbocycles. The van der Waals surface area contributed by atoms with Crippen LogP contribution < -0.4 is 41.0 Å². The number of nitrogens with one attached hydrogen (secondary N) is 3. The molecule has 0 aliphatic heterocycles. The number of nitrogen functional groups attached to an aromatic ring is 1. The number of ether oxygens (including phenoxy) is 4. The lowest BCUT2D eigenvalue weighted by atomic mass is 10.2. The summed E-state index contributed by atoms with van der Waals surface area (Å²) in [4.78, 5) is 61.3. The molecule has 2 amide bonds. The van der Waals surface area contributed by atoms with Gasteiger partial charge in [-0.2, -0.15) is 15.3 Å². The van der Waals surface area contributed by atoms with Crippen molar-refractivity contribution in [1.82, 2.24) is 59.4 Å². The first-order valence-electron chi connectivity index (χ1n) is 23.6. The summed E-state index contributed by atoms with van der Waals surface area (Å²) in [6.07, 6.45) is 7.06. The van der Waals surface area contributed by atoms with E-state index in [1.807, 2.05) is 78.5 Å². The molecule has 6 heterocycles. The van der Waals surface area contributed by atoms with Crippen LogP contribution in [0.5, 0.6) is 11.5 Å². The Kier molecular flexibility index (Phi) is 16.0. The van der Waals surface area contributed by atoms with Gasteiger partial charge in [-0.25, -0.2) is 28.6 Å². The molecule has 8 aromatic rings. The first-order chi connectivity index (χ1) is 36.0. The highest BCUT2D eigenvalue weighted by Gasteiger charge is 2.28. The van der Waals surface area contributed by atoms with Gasteiger partial charge in [0.15, 0.2) is 39.5 Å². The summed E-state index contributed by atoms with van der Waals surface area (Å²) in [7, 11) is 13.1. The average Bonchev–Trinajstić information content (AvgIpc) is 4.23. The molecular weight excluding hydrogens is 988 g/mol. The first-order valence-corrected chi connectivity index (χ1v) is 23.9. The van der Waals surface area contributed by atoms with Gasteiger partial charge in [-0.05, 0) is 61.1 Å². The van der Waals surface area contributed by atoms with Crippen LogP contribution in [0.1, 0.15) is 78.8 Å². The number of benzene rings is 2. The Labute approximate surface area is 435 Å². The maximum absolute atomic E-state index is 12.9. The lowest BCUT2D eigenvalue weighted by Gasteiger charge is -2.21. The van der Waals surface area contributed by atoms with E-state index in [4.69, 9.17) is 31.5 Å². The van der Waals surface area contributed by atoms with Gasteiger partial charge in [-0.1, -0.05) is 35.9 Å². The van der Waals surface area contributed by atoms with E-state index in [0.29, 0.717) is 64.1 Å². The van der Waals surface area contributed by atoms with Crippen LogP contribution in [0.3, 0.4) is 0 Å². The molecular formula is C50H57ClN16O8. The third-order valence-electron chi connectivity index (χ3n) is 12.0. The fraction of sp³-hybridized carbons (Fsp3) is 0.320. The summed E-state index contributed by atoms with van der Waals surface area (Å²) in [5.74, 6) is 1.41. The van der Waals surface area contributed by atoms with E-state index in [2.05, 4.69) is 51.0 Å². The second-order valence-corrected chi connectivity index (χ2v) is 18.0. The molecule has 0 unspecified atom stereocenters. The number of carbonyl (C=O) groups is 4. The van der Waals surface area contributed by atoms with Gasteiger partial charge in [0, 0.05) is 77.6 Å². The summed E-state index contributed by atoms with van der Waals surface area (Å²) >= 11 is 6.23. The van der Waals surface area contributed by atoms with Crippen LogP contribution in [0.15, 0.2) is 85.2 Å². The minimum Gasteiger partial charge on any atom is -0.497 e. The highest BCUT2D eigenvalue weighted by molar-refractivity contribution is 6.29. The van der Waals surface area contributed by atoms with Crippen molar-refractivity contribution < 1.29 is 38.1 Å². The zero-order chi connectivity index (χ0) is 53.5. The van der Waals surface area contributed by atoms with E-state index in [0.717, 1.165) is 59.7 Å². The molecule has 2 fully saturated rings. The number of nitrogens with zero attached hydrogens (tertiary/aromatic N) is 12. The number of methoxy groups -OCH3 is 4. The molecule has 6 aromatic heterocycles. The van der Waals surface area contributed by atoms with Crippen molar-refractivity contribution in [1.29, 1.82) is 0 Å². The summed E-state index contributed by atoms with van der Waals surface area (Å²) in [5.41, 5.74) is 11.6. The molecule has 25 heteroatoms. The van der Waals surface area contributed by atoms with E-state index in [-0.39, 0.29) is 29.6 Å². The average molecular weight is 1050 g/mol. The number of carbonyl (C=O) groups excluding carboxylic acids is 4. The smallest absolute Gasteiger partial charge is 0.356 e. The molecule has 10 rings (SSSR count). The fourth-order valence-corrected chi connectivity index (χ4v) is 7.88. The van der Waals surface area contributed by atoms with Gasteiger partial charge in [-0.3, -0.25) is 19.0 Å². The Morgan fingerprint density at radius 2 is 1.05 bits per heavy atom. The van der Waals surface area contributed by atoms with Crippen LogP contribution in [0, 0.1) is 0 Å². The molecule has 2 aliphatic carbocycles. The lowest BCUT2D eigenvalue weighted by Crippen LogP contribution is -2.27. The summed E-state index contributed by atoms with van der Waals surface area (Å²) in [5, 5.41) is 26.4. The van der Waals surface area contributed by atoms with Gasteiger partial charge in [-0.15, -0.1) is 5.10 Å². The minimum atomic E-state index is -0.500. The molecule has 0 saturated heterocycles. The molecule has 0 radical (unpaired) electrons. The summed E-state index contributed by atoms with van der Waals surface area (Å²) < 4.78 is 25.6. The van der Waals surface area contributed by atoms with Gasteiger partial charge >= 0.3 is 11.9 Å². The molecule has 24 nitrogen and oxygen atoms in total. The Bertz CT molecular complexity index is 3340. The van der Waals surface area contributed by atoms with Gasteiger partial charge < -0.3 is 50.4 Å². The monoisotopic (exact) mass is 1040 g/mol. The Hall–Kier alpha value is -8.93. The van der Waals surface area contributed by atoms with Crippen LogP contribution in [-0.2, 0) is 36.7 Å². The third-order valence-corrected chi connectivity index (χ3v) is 12.1. The maximum atomic E-state index is 12.9. The van der Waals surface area contributed by atoms with Crippen molar-refractivity contribution in [3.05, 3.63) is 124 Å². The van der Waals surface area contributed by atoms with Crippen LogP contribution >= 0.6 is 11.6 Å². The van der Waals surface area contributed by atoms with Gasteiger partial charge in [0.1, 0.15) is 28.7 Å². The van der Waals surface area contributed by atoms with E-state index in [1.165, 1.54) is 44.9 Å². The summed E-state index contributed by atoms with van der Waals surface area (Å²) in [6.45, 7) is 1.23. The first kappa shape index (κ1) is 52.4. The van der Waals surface area contributed by atoms with E-state index >= 15 is 0 Å². The predicted octanol–water partition coefficient (Wildman–Crippen LogP) is 5.24. The number of hydrogen-bond acceptors (Lipinski definition) is 18. The normalized spacial score (nSPS) is 12.7. The predicted molar refractivity (Wildman–Crippen MR) is 279 cm³/mol. The Balaban J connectivity index is 0.000000171. The topological polar surface area (TPSA) is 270 Å². The molecule has 0 atom stereocenters. The van der Waals surface area contributed by atoms with Crippen molar-refractivity contribution in [2.75, 3.05) is 63.4 Å². The van der Waals surface area contributed by atoms with Gasteiger partial charge in [0.25, 0.3) is 11.8 Å². The maximum Gasteiger partial charge on any atom is 0.356 e. The minimum absolute atomic E-state index is 0.177. The second-order valence-electron chi connectivity index (χ2n) is 17.7. The van der Waals surface area contributed by atoms with Crippen molar-refractivity contribution in [3.63, 3.8) is 0 Å². The molecule has 75 heavy (non-hydrogen) atoms. The Morgan fingerprint density at radius 1 is 0.613 bits per heavy atom. The number of amides is 2. The molecule has 0 bridgehead atoms. The lowest BCUT2D eigenvalue weighted by molar-refractivity contribution is 0.0579. The molecule has 2 aliphatic rings. The third kappa shape index (κ3) is 12.6. The molecule has 5 N–H and O–H groups in total. The fourth-order valence-electron chi connectivity index (χ4n) is 7.70. The number of anilines is 5. The highest BCUT2D eigenvalue weighted by Crippen LogP contribution is 2.29. The zero-order valence-corrected chi connectivity index (χ0v) is 43.3. The largest absolute Gasteiger partial charge is 0.497 e. The number of imidazole rings is 2. The SMILES string of the molecule is COC(=O)c1cc(N)nn1C.COC(=O)c1cc(Nc2cc(N(C)Cc3ccc(OC)cc3)c3ncc(C(=O)NC4CC4)n3n2)nn1C.COc1ccc(CN(C)c2cc(Cl)nn3c(C(=O)NC4CC4)cnc23)cc1. The summed E-state index contributed by atoms with van der Waals surface area (Å²) in [6, 6.07) is 22.8. The molecule has 392 valence electrons. The zero-order valence-electron chi connectivity index (χ0n) is 42.6. The number of hydrogen-bond donors (Lipinski definition) is 4. The number of fused-ring (bicyclic) bond motifs is 2. The number of esters is 2. The highest BCUT2D eigenvalue weighted by atomic mass is 35.5. The Morgan fingerprint density at radius 3 is 1.49 bits per heavy atom. The number of halogens is 1. The number of aromatic nitrogens is 10. The standard InChI is InChI=1S/C25H28N8O4.C19H20ClN5O2.C6H9N3O2/c1-31(14-15-5-9-17(36-3)10-6-15)18-11-22(28-21-12-19(25(35)37-4)32(2)29-21)30-33-20(13-26-23(18)33)24(34)27-16-7-8-16;1-24(11-12-3-7-14(27-2)8-4-12)15-9-17(20)23-25-16(10-21-18(15)25)19(26)22-13-5-6-13;1-9-4(6(10)11-2)3-5(7)8-9/h5-6,9-13,16H,7-8,14H2,1-4H3,(H,27,34)(H,28,29,30);3-4,7-10,13H,5-6,11H2,1-2H3,(H,22,26);3H,1-2H3,(H2,7,8). The van der Waals surface area contributed by atoms with Crippen molar-refractivity contribution in [2.24, 2.45) is 14.1 Å². The molecule has 0 spiro atoms. The molecule has 2 aromatic carbocycles. The van der Waals surface area contributed by atoms with Crippen LogP contribution in [-0.4, -0.2) is 127 Å². The van der Waals surface area contributed by atoms with Gasteiger partial charge in [0.2, 0.25) is 0 Å². The van der Waals surface area contributed by atoms with Crippen molar-refractivity contribution in [3.8, 4) is 11.5 Å².